The molecule has 0 unspecified atom stereocenters. The minimum Gasteiger partial charge on any atom is -0.496 e. The summed E-state index contributed by atoms with van der Waals surface area (Å²) >= 11 is 0. The molecule has 1 aliphatic rings. The fourth-order valence-corrected chi connectivity index (χ4v) is 4.75. The monoisotopic (exact) mass is 442 g/mol. The molecule has 1 amide bonds. The molecule has 168 valence electrons. The van der Waals surface area contributed by atoms with Crippen molar-refractivity contribution in [3.63, 3.8) is 0 Å². The second-order valence-corrected chi connectivity index (χ2v) is 8.64. The number of carbonyl (C=O) groups is 1. The van der Waals surface area contributed by atoms with E-state index in [4.69, 9.17) is 9.15 Å². The summed E-state index contributed by atoms with van der Waals surface area (Å²) < 4.78 is 11.9. The predicted molar refractivity (Wildman–Crippen MR) is 129 cm³/mol. The first-order valence-electron chi connectivity index (χ1n) is 11.1. The molecular formula is C27H26N2O4. The number of fused-ring (bicyclic) bond motifs is 4. The molecule has 6 heteroatoms. The van der Waals surface area contributed by atoms with Gasteiger partial charge in [-0.25, -0.2) is 0 Å². The van der Waals surface area contributed by atoms with E-state index in [1.807, 2.05) is 68.7 Å². The van der Waals surface area contributed by atoms with Gasteiger partial charge in [0.1, 0.15) is 11.3 Å². The SMILES string of the molecule is COc1ccccc1[C@@H]1c2c(oc3c(ccc4ccccc43)c2=O)C(=O)N1CCCN(C)C. The van der Waals surface area contributed by atoms with Gasteiger partial charge in [-0.15, -0.1) is 0 Å². The Morgan fingerprint density at radius 3 is 2.52 bits per heavy atom. The van der Waals surface area contributed by atoms with Crippen molar-refractivity contribution in [2.75, 3.05) is 34.3 Å². The lowest BCUT2D eigenvalue weighted by Gasteiger charge is -2.26. The fourth-order valence-electron chi connectivity index (χ4n) is 4.75. The van der Waals surface area contributed by atoms with Crippen molar-refractivity contribution in [3.8, 4) is 5.75 Å². The molecular weight excluding hydrogens is 416 g/mol. The summed E-state index contributed by atoms with van der Waals surface area (Å²) in [7, 11) is 5.60. The molecule has 6 nitrogen and oxygen atoms in total. The summed E-state index contributed by atoms with van der Waals surface area (Å²) in [5.74, 6) is 0.509. The van der Waals surface area contributed by atoms with Crippen LogP contribution >= 0.6 is 0 Å². The van der Waals surface area contributed by atoms with Gasteiger partial charge in [0.2, 0.25) is 5.76 Å². The Morgan fingerprint density at radius 1 is 0.970 bits per heavy atom. The van der Waals surface area contributed by atoms with E-state index in [9.17, 15) is 9.59 Å². The molecule has 0 saturated heterocycles. The van der Waals surface area contributed by atoms with Gasteiger partial charge in [0.15, 0.2) is 5.43 Å². The molecule has 1 aromatic heterocycles. The van der Waals surface area contributed by atoms with Crippen LogP contribution in [0.15, 0.2) is 69.9 Å². The second-order valence-electron chi connectivity index (χ2n) is 8.64. The number of nitrogens with zero attached hydrogens (tertiary/aromatic N) is 2. The Kier molecular flexibility index (Phi) is 5.38. The van der Waals surface area contributed by atoms with Crippen molar-refractivity contribution in [2.45, 2.75) is 12.5 Å². The van der Waals surface area contributed by atoms with Crippen LogP contribution in [0.3, 0.4) is 0 Å². The Labute approximate surface area is 192 Å². The van der Waals surface area contributed by atoms with E-state index in [-0.39, 0.29) is 17.1 Å². The van der Waals surface area contributed by atoms with Crippen molar-refractivity contribution in [3.05, 3.63) is 87.8 Å². The van der Waals surface area contributed by atoms with Crippen LogP contribution in [-0.4, -0.2) is 50.0 Å². The second kappa shape index (κ2) is 8.37. The van der Waals surface area contributed by atoms with E-state index in [2.05, 4.69) is 4.90 Å². The highest BCUT2D eigenvalue weighted by molar-refractivity contribution is 6.06. The quantitative estimate of drug-likeness (QED) is 0.413. The number of amides is 1. The van der Waals surface area contributed by atoms with Gasteiger partial charge in [-0.3, -0.25) is 9.59 Å². The number of ether oxygens (including phenoxy) is 1. The van der Waals surface area contributed by atoms with Crippen molar-refractivity contribution < 1.29 is 13.9 Å². The zero-order valence-corrected chi connectivity index (χ0v) is 19.0. The molecule has 5 rings (SSSR count). The minimum atomic E-state index is -0.557. The summed E-state index contributed by atoms with van der Waals surface area (Å²) in [4.78, 5) is 31.3. The average molecular weight is 443 g/mol. The van der Waals surface area contributed by atoms with E-state index in [1.165, 1.54) is 0 Å². The number of methoxy groups -OCH3 is 1. The number of para-hydroxylation sites is 1. The van der Waals surface area contributed by atoms with Crippen LogP contribution in [-0.2, 0) is 0 Å². The number of benzene rings is 3. The van der Waals surface area contributed by atoms with Gasteiger partial charge in [-0.1, -0.05) is 48.5 Å². The molecule has 0 N–H and O–H groups in total. The number of rotatable bonds is 6. The molecule has 4 aromatic rings. The molecule has 2 heterocycles. The summed E-state index contributed by atoms with van der Waals surface area (Å²) in [5, 5.41) is 2.26. The van der Waals surface area contributed by atoms with Crippen LogP contribution in [0.5, 0.6) is 5.75 Å². The van der Waals surface area contributed by atoms with Gasteiger partial charge < -0.3 is 19.0 Å². The lowest BCUT2D eigenvalue weighted by molar-refractivity contribution is 0.0721. The number of carbonyl (C=O) groups excluding carboxylic acids is 1. The van der Waals surface area contributed by atoms with Crippen molar-refractivity contribution >= 4 is 27.6 Å². The summed E-state index contributed by atoms with van der Waals surface area (Å²) in [6, 6.07) is 18.4. The molecule has 0 bridgehead atoms. The van der Waals surface area contributed by atoms with E-state index in [0.29, 0.717) is 28.8 Å². The van der Waals surface area contributed by atoms with Crippen LogP contribution in [0.1, 0.15) is 34.1 Å². The Balaban J connectivity index is 1.75. The van der Waals surface area contributed by atoms with Crippen LogP contribution in [0.25, 0.3) is 21.7 Å². The molecule has 0 aliphatic carbocycles. The largest absolute Gasteiger partial charge is 0.496 e. The zero-order valence-electron chi connectivity index (χ0n) is 19.0. The zero-order chi connectivity index (χ0) is 23.1. The summed E-state index contributed by atoms with van der Waals surface area (Å²) in [5.41, 5.74) is 1.46. The standard InChI is InChI=1S/C27H26N2O4/c1-28(2)15-8-16-29-23(19-11-6-7-12-21(19)32-3)22-24(30)20-14-13-17-9-4-5-10-18(17)25(20)33-26(22)27(29)31/h4-7,9-14,23H,8,15-16H2,1-3H3/t23-/m1/s1. The van der Waals surface area contributed by atoms with Crippen LogP contribution < -0.4 is 10.2 Å². The molecule has 0 saturated carbocycles. The highest BCUT2D eigenvalue weighted by Gasteiger charge is 2.43. The first-order chi connectivity index (χ1) is 16.0. The first-order valence-corrected chi connectivity index (χ1v) is 11.1. The van der Waals surface area contributed by atoms with Crippen molar-refractivity contribution in [1.29, 1.82) is 0 Å². The number of hydrogen-bond donors (Lipinski definition) is 0. The maximum absolute atomic E-state index is 13.8. The van der Waals surface area contributed by atoms with Crippen LogP contribution in [0.2, 0.25) is 0 Å². The molecule has 1 atom stereocenters. The molecule has 0 spiro atoms. The highest BCUT2D eigenvalue weighted by atomic mass is 16.5. The fraction of sp³-hybridized carbons (Fsp3) is 0.259. The Morgan fingerprint density at radius 2 is 1.73 bits per heavy atom. The maximum atomic E-state index is 13.8. The molecule has 1 aliphatic heterocycles. The van der Waals surface area contributed by atoms with Crippen LogP contribution in [0, 0.1) is 0 Å². The third kappa shape index (κ3) is 3.47. The van der Waals surface area contributed by atoms with E-state index >= 15 is 0 Å². The van der Waals surface area contributed by atoms with Gasteiger partial charge in [0.25, 0.3) is 5.91 Å². The first kappa shape index (κ1) is 21.2. The molecule has 33 heavy (non-hydrogen) atoms. The highest BCUT2D eigenvalue weighted by Crippen LogP contribution is 2.42. The molecule has 0 radical (unpaired) electrons. The van der Waals surface area contributed by atoms with Crippen molar-refractivity contribution in [2.24, 2.45) is 0 Å². The minimum absolute atomic E-state index is 0.129. The van der Waals surface area contributed by atoms with Crippen molar-refractivity contribution in [1.82, 2.24) is 9.80 Å². The number of hydrogen-bond acceptors (Lipinski definition) is 5. The van der Waals surface area contributed by atoms with Gasteiger partial charge >= 0.3 is 0 Å². The molecule has 3 aromatic carbocycles. The van der Waals surface area contributed by atoms with E-state index in [1.54, 1.807) is 18.1 Å². The topological polar surface area (TPSA) is 63.0 Å². The smallest absolute Gasteiger partial charge is 0.290 e. The van der Waals surface area contributed by atoms with Gasteiger partial charge in [0, 0.05) is 17.5 Å². The lowest BCUT2D eigenvalue weighted by Crippen LogP contribution is -2.32. The van der Waals surface area contributed by atoms with Crippen LogP contribution in [0.4, 0.5) is 0 Å². The van der Waals surface area contributed by atoms with Gasteiger partial charge in [0.05, 0.1) is 24.1 Å². The maximum Gasteiger partial charge on any atom is 0.290 e. The lowest BCUT2D eigenvalue weighted by atomic mass is 9.96. The Bertz CT molecular complexity index is 1420. The van der Waals surface area contributed by atoms with Gasteiger partial charge in [-0.05, 0) is 44.6 Å². The average Bonchev–Trinajstić information content (AvgIpc) is 3.10. The third-order valence-electron chi connectivity index (χ3n) is 6.30. The van der Waals surface area contributed by atoms with Gasteiger partial charge in [-0.2, -0.15) is 0 Å². The normalized spacial score (nSPS) is 15.6. The molecule has 0 fully saturated rings. The summed E-state index contributed by atoms with van der Waals surface area (Å²) in [6.45, 7) is 1.33. The third-order valence-corrected chi connectivity index (χ3v) is 6.30. The van der Waals surface area contributed by atoms with E-state index < -0.39 is 6.04 Å². The Hall–Kier alpha value is -3.64. The summed E-state index contributed by atoms with van der Waals surface area (Å²) in [6.07, 6.45) is 0.773. The van der Waals surface area contributed by atoms with E-state index in [0.717, 1.165) is 29.3 Å². The predicted octanol–water partition coefficient (Wildman–Crippen LogP) is 4.45.